The van der Waals surface area contributed by atoms with Crippen LogP contribution in [0.3, 0.4) is 0 Å². The molecule has 0 radical (unpaired) electrons. The van der Waals surface area contributed by atoms with Gasteiger partial charge < -0.3 is 20.0 Å². The van der Waals surface area contributed by atoms with Crippen molar-refractivity contribution in [3.63, 3.8) is 0 Å². The molecule has 1 saturated heterocycles. The first-order valence-electron chi connectivity index (χ1n) is 7.24. The highest BCUT2D eigenvalue weighted by molar-refractivity contribution is 5.40. The molecule has 0 saturated carbocycles. The van der Waals surface area contributed by atoms with Crippen molar-refractivity contribution >= 4 is 11.8 Å². The minimum atomic E-state index is 0.613. The van der Waals surface area contributed by atoms with E-state index in [1.54, 1.807) is 6.20 Å². The number of rotatable bonds is 6. The normalized spacial score (nSPS) is 16.7. The summed E-state index contributed by atoms with van der Waals surface area (Å²) in [7, 11) is 4.09. The molecule has 1 aliphatic heterocycles. The predicted molar refractivity (Wildman–Crippen MR) is 81.2 cm³/mol. The quantitative estimate of drug-likeness (QED) is 0.785. The van der Waals surface area contributed by atoms with Gasteiger partial charge in [-0.1, -0.05) is 6.92 Å². The molecule has 0 unspecified atom stereocenters. The Kier molecular flexibility index (Phi) is 5.49. The minimum Gasteiger partial charge on any atom is -0.353 e. The molecule has 1 fully saturated rings. The Morgan fingerprint density at radius 2 is 2.00 bits per heavy atom. The van der Waals surface area contributed by atoms with Crippen LogP contribution < -0.4 is 10.2 Å². The fourth-order valence-corrected chi connectivity index (χ4v) is 2.21. The Hall–Kier alpha value is -1.47. The first-order chi connectivity index (χ1) is 9.69. The topological polar surface area (TPSA) is 60.4 Å². The number of hydrogen-bond donors (Lipinski definition) is 1. The Bertz CT molecular complexity index is 401. The highest BCUT2D eigenvalue weighted by Gasteiger charge is 2.17. The minimum absolute atomic E-state index is 0.613. The summed E-state index contributed by atoms with van der Waals surface area (Å²) in [5, 5.41) is 11.3. The lowest BCUT2D eigenvalue weighted by Crippen LogP contribution is -2.46. The molecule has 2 heterocycles. The van der Waals surface area contributed by atoms with Crippen molar-refractivity contribution in [2.45, 2.75) is 6.92 Å². The summed E-state index contributed by atoms with van der Waals surface area (Å²) in [4.78, 5) is 11.4. The molecule has 1 aromatic heterocycles. The molecule has 112 valence electrons. The van der Waals surface area contributed by atoms with Gasteiger partial charge in [0.2, 0.25) is 5.95 Å². The highest BCUT2D eigenvalue weighted by Crippen LogP contribution is 2.13. The van der Waals surface area contributed by atoms with Gasteiger partial charge in [-0.25, -0.2) is 0 Å². The van der Waals surface area contributed by atoms with E-state index >= 15 is 0 Å². The van der Waals surface area contributed by atoms with E-state index in [-0.39, 0.29) is 0 Å². The molecular weight excluding hydrogens is 254 g/mol. The van der Waals surface area contributed by atoms with Crippen molar-refractivity contribution in [1.82, 2.24) is 25.0 Å². The van der Waals surface area contributed by atoms with Crippen molar-refractivity contribution in [3.8, 4) is 0 Å². The van der Waals surface area contributed by atoms with Crippen LogP contribution in [-0.2, 0) is 0 Å². The van der Waals surface area contributed by atoms with Crippen LogP contribution in [-0.4, -0.2) is 84.9 Å². The van der Waals surface area contributed by atoms with Gasteiger partial charge >= 0.3 is 0 Å². The van der Waals surface area contributed by atoms with Crippen molar-refractivity contribution in [3.05, 3.63) is 6.20 Å². The average Bonchev–Trinajstić information content (AvgIpc) is 2.47. The first-order valence-corrected chi connectivity index (χ1v) is 7.24. The van der Waals surface area contributed by atoms with E-state index < -0.39 is 0 Å². The molecule has 0 amide bonds. The first kappa shape index (κ1) is 14.9. The third kappa shape index (κ3) is 4.28. The van der Waals surface area contributed by atoms with E-state index in [0.29, 0.717) is 5.95 Å². The van der Waals surface area contributed by atoms with E-state index in [4.69, 9.17) is 0 Å². The van der Waals surface area contributed by atoms with Crippen LogP contribution in [0.25, 0.3) is 0 Å². The van der Waals surface area contributed by atoms with Gasteiger partial charge in [0.05, 0.1) is 6.20 Å². The van der Waals surface area contributed by atoms with Gasteiger partial charge in [-0.3, -0.25) is 0 Å². The summed E-state index contributed by atoms with van der Waals surface area (Å²) in [5.74, 6) is 1.53. The number of nitrogens with zero attached hydrogens (tertiary/aromatic N) is 6. The van der Waals surface area contributed by atoms with E-state index in [2.05, 4.69) is 42.1 Å². The second-order valence-corrected chi connectivity index (χ2v) is 5.29. The van der Waals surface area contributed by atoms with Crippen molar-refractivity contribution in [2.75, 3.05) is 70.1 Å². The zero-order valence-corrected chi connectivity index (χ0v) is 12.7. The molecule has 2 rings (SSSR count). The molecule has 0 aliphatic carbocycles. The molecule has 0 atom stereocenters. The summed E-state index contributed by atoms with van der Waals surface area (Å²) >= 11 is 0. The maximum absolute atomic E-state index is 4.55. The fraction of sp³-hybridized carbons (Fsp3) is 0.769. The lowest BCUT2D eigenvalue weighted by Gasteiger charge is -2.34. The third-order valence-corrected chi connectivity index (χ3v) is 3.53. The van der Waals surface area contributed by atoms with Crippen molar-refractivity contribution in [1.29, 1.82) is 0 Å². The maximum Gasteiger partial charge on any atom is 0.244 e. The summed E-state index contributed by atoms with van der Waals surface area (Å²) in [6, 6.07) is 0. The average molecular weight is 279 g/mol. The van der Waals surface area contributed by atoms with Crippen LogP contribution in [0.5, 0.6) is 0 Å². The number of anilines is 2. The Morgan fingerprint density at radius 3 is 2.65 bits per heavy atom. The van der Waals surface area contributed by atoms with E-state index in [0.717, 1.165) is 51.6 Å². The zero-order chi connectivity index (χ0) is 14.4. The van der Waals surface area contributed by atoms with E-state index in [1.165, 1.54) is 0 Å². The summed E-state index contributed by atoms with van der Waals surface area (Å²) in [6.07, 6.45) is 1.75. The number of piperazine rings is 1. The van der Waals surface area contributed by atoms with Crippen molar-refractivity contribution in [2.24, 2.45) is 0 Å². The predicted octanol–water partition coefficient (Wildman–Crippen LogP) is -0.0130. The highest BCUT2D eigenvalue weighted by atomic mass is 15.3. The summed E-state index contributed by atoms with van der Waals surface area (Å²) < 4.78 is 0. The summed E-state index contributed by atoms with van der Waals surface area (Å²) in [6.45, 7) is 9.27. The van der Waals surface area contributed by atoms with Crippen LogP contribution in [0, 0.1) is 0 Å². The molecule has 1 aromatic rings. The monoisotopic (exact) mass is 279 g/mol. The number of likely N-dealkylation sites (N-methyl/N-ethyl adjacent to an activating group) is 2. The van der Waals surface area contributed by atoms with Crippen LogP contribution >= 0.6 is 0 Å². The number of aromatic nitrogens is 3. The molecule has 7 heteroatoms. The van der Waals surface area contributed by atoms with E-state index in [9.17, 15) is 0 Å². The van der Waals surface area contributed by atoms with Crippen LogP contribution in [0.2, 0.25) is 0 Å². The Balaban J connectivity index is 1.89. The van der Waals surface area contributed by atoms with Gasteiger partial charge in [-0.2, -0.15) is 10.1 Å². The van der Waals surface area contributed by atoms with Crippen LogP contribution in [0.4, 0.5) is 11.8 Å². The molecule has 0 aromatic carbocycles. The lowest BCUT2D eigenvalue weighted by molar-refractivity contribution is 0.270. The van der Waals surface area contributed by atoms with Crippen LogP contribution in [0.15, 0.2) is 6.20 Å². The second-order valence-electron chi connectivity index (χ2n) is 5.29. The van der Waals surface area contributed by atoms with Gasteiger partial charge in [0.25, 0.3) is 0 Å². The molecule has 1 N–H and O–H groups in total. The second kappa shape index (κ2) is 7.35. The van der Waals surface area contributed by atoms with Gasteiger partial charge in [0.1, 0.15) is 0 Å². The Morgan fingerprint density at radius 1 is 1.25 bits per heavy atom. The lowest BCUT2D eigenvalue weighted by atomic mass is 10.3. The molecular formula is C13H25N7. The standard InChI is InChI=1S/C13H25N7/c1-4-19-7-9-20(10-8-19)12-11-15-17-13(16-12)14-5-6-18(2)3/h11H,4-10H2,1-3H3,(H,14,16,17). The number of hydrogen-bond acceptors (Lipinski definition) is 7. The Labute approximate surface area is 121 Å². The maximum atomic E-state index is 4.55. The summed E-state index contributed by atoms with van der Waals surface area (Å²) in [5.41, 5.74) is 0. The van der Waals surface area contributed by atoms with Gasteiger partial charge in [-0.15, -0.1) is 5.10 Å². The molecule has 0 bridgehead atoms. The van der Waals surface area contributed by atoms with Gasteiger partial charge in [0, 0.05) is 39.3 Å². The van der Waals surface area contributed by atoms with E-state index in [1.807, 2.05) is 14.1 Å². The largest absolute Gasteiger partial charge is 0.353 e. The molecule has 20 heavy (non-hydrogen) atoms. The van der Waals surface area contributed by atoms with Crippen LogP contribution in [0.1, 0.15) is 6.92 Å². The molecule has 1 aliphatic rings. The van der Waals surface area contributed by atoms with Crippen molar-refractivity contribution < 1.29 is 0 Å². The molecule has 0 spiro atoms. The zero-order valence-electron chi connectivity index (χ0n) is 12.7. The fourth-order valence-electron chi connectivity index (χ4n) is 2.21. The third-order valence-electron chi connectivity index (χ3n) is 3.53. The molecule has 7 nitrogen and oxygen atoms in total. The number of nitrogens with one attached hydrogen (secondary N) is 1. The smallest absolute Gasteiger partial charge is 0.244 e. The SMILES string of the molecule is CCN1CCN(c2cnnc(NCCN(C)C)n2)CC1. The van der Waals surface area contributed by atoms with Gasteiger partial charge in [-0.05, 0) is 20.6 Å². The van der Waals surface area contributed by atoms with Gasteiger partial charge in [0.15, 0.2) is 5.82 Å².